The van der Waals surface area contributed by atoms with E-state index in [1.807, 2.05) is 0 Å². The molecule has 0 aliphatic rings. The molecule has 0 rings (SSSR count). The monoisotopic (exact) mass is 157 g/mol. The summed E-state index contributed by atoms with van der Waals surface area (Å²) in [5, 5.41) is 0. The molecule has 0 heterocycles. The second-order valence-corrected chi connectivity index (χ2v) is 1.84. The summed E-state index contributed by atoms with van der Waals surface area (Å²) in [6, 6.07) is 0. The van der Waals surface area contributed by atoms with Crippen LogP contribution in [-0.4, -0.2) is 25.9 Å². The molecule has 1 atom stereocenters. The molecule has 0 saturated heterocycles. The molecular formula is C5H10F3NO. The smallest absolute Gasteiger partial charge is 0.372 e. The molecular weight excluding hydrogens is 147 g/mol. The summed E-state index contributed by atoms with van der Waals surface area (Å²) in [6.45, 7) is -0.0159. The molecule has 0 saturated carbocycles. The van der Waals surface area contributed by atoms with Crippen LogP contribution >= 0.6 is 0 Å². The van der Waals surface area contributed by atoms with Crippen molar-refractivity contribution in [3.05, 3.63) is 0 Å². The minimum absolute atomic E-state index is 0.0159. The minimum atomic E-state index is -4.28. The van der Waals surface area contributed by atoms with E-state index in [-0.39, 0.29) is 13.0 Å². The maximum atomic E-state index is 11.7. The van der Waals surface area contributed by atoms with Crippen LogP contribution in [0.2, 0.25) is 0 Å². The standard InChI is InChI=1S/C5H10F3NO/c1-10-4(2-3-9)5(6,7)8/h4H,2-3,9H2,1H3/t4-/m1/s1. The van der Waals surface area contributed by atoms with E-state index in [1.165, 1.54) is 0 Å². The summed E-state index contributed by atoms with van der Waals surface area (Å²) < 4.78 is 39.3. The maximum Gasteiger partial charge on any atom is 0.414 e. The predicted molar refractivity (Wildman–Crippen MR) is 30.5 cm³/mol. The number of halogens is 3. The normalized spacial score (nSPS) is 15.3. The van der Waals surface area contributed by atoms with Gasteiger partial charge in [-0.3, -0.25) is 0 Å². The molecule has 0 aromatic carbocycles. The first-order chi connectivity index (χ1) is 4.52. The fourth-order valence-electron chi connectivity index (χ4n) is 0.567. The van der Waals surface area contributed by atoms with Gasteiger partial charge >= 0.3 is 6.18 Å². The zero-order chi connectivity index (χ0) is 8.20. The van der Waals surface area contributed by atoms with Gasteiger partial charge in [0, 0.05) is 7.11 Å². The van der Waals surface area contributed by atoms with Gasteiger partial charge in [0.1, 0.15) is 0 Å². The highest BCUT2D eigenvalue weighted by molar-refractivity contribution is 4.66. The van der Waals surface area contributed by atoms with E-state index in [2.05, 4.69) is 4.74 Å². The highest BCUT2D eigenvalue weighted by atomic mass is 19.4. The lowest BCUT2D eigenvalue weighted by Crippen LogP contribution is -2.32. The number of methoxy groups -OCH3 is 1. The van der Waals surface area contributed by atoms with Crippen LogP contribution in [0, 0.1) is 0 Å². The zero-order valence-corrected chi connectivity index (χ0v) is 5.61. The minimum Gasteiger partial charge on any atom is -0.372 e. The lowest BCUT2D eigenvalue weighted by atomic mass is 10.2. The van der Waals surface area contributed by atoms with Crippen LogP contribution in [0.3, 0.4) is 0 Å². The van der Waals surface area contributed by atoms with Crippen LogP contribution in [0.15, 0.2) is 0 Å². The van der Waals surface area contributed by atoms with Crippen LogP contribution in [-0.2, 0) is 4.74 Å². The first kappa shape index (κ1) is 9.71. The SMILES string of the molecule is CO[C@H](CCN)C(F)(F)F. The molecule has 0 spiro atoms. The Kier molecular flexibility index (Phi) is 3.67. The molecule has 5 heteroatoms. The molecule has 0 bridgehead atoms. The largest absolute Gasteiger partial charge is 0.414 e. The van der Waals surface area contributed by atoms with Crippen LogP contribution < -0.4 is 5.73 Å². The van der Waals surface area contributed by atoms with Gasteiger partial charge in [-0.25, -0.2) is 0 Å². The van der Waals surface area contributed by atoms with E-state index in [1.54, 1.807) is 0 Å². The van der Waals surface area contributed by atoms with E-state index in [9.17, 15) is 13.2 Å². The van der Waals surface area contributed by atoms with Gasteiger partial charge in [0.15, 0.2) is 6.10 Å². The van der Waals surface area contributed by atoms with Crippen molar-refractivity contribution >= 4 is 0 Å². The number of rotatable bonds is 3. The molecule has 0 aliphatic heterocycles. The number of nitrogens with two attached hydrogens (primary N) is 1. The van der Waals surface area contributed by atoms with Gasteiger partial charge in [0.25, 0.3) is 0 Å². The molecule has 0 amide bonds. The summed E-state index contributed by atoms with van der Waals surface area (Å²) in [5.41, 5.74) is 4.92. The van der Waals surface area contributed by atoms with Crippen LogP contribution in [0.25, 0.3) is 0 Å². The highest BCUT2D eigenvalue weighted by Gasteiger charge is 2.38. The van der Waals surface area contributed by atoms with E-state index in [0.29, 0.717) is 0 Å². The van der Waals surface area contributed by atoms with Crippen LogP contribution in [0.5, 0.6) is 0 Å². The Balaban J connectivity index is 3.81. The number of hydrogen-bond donors (Lipinski definition) is 1. The Hall–Kier alpha value is -0.290. The van der Waals surface area contributed by atoms with Crippen molar-refractivity contribution in [2.45, 2.75) is 18.7 Å². The third-order valence-corrected chi connectivity index (χ3v) is 1.08. The van der Waals surface area contributed by atoms with Gasteiger partial charge in [0.05, 0.1) is 0 Å². The number of ether oxygens (including phenoxy) is 1. The zero-order valence-electron chi connectivity index (χ0n) is 5.61. The van der Waals surface area contributed by atoms with Gasteiger partial charge in [0.2, 0.25) is 0 Å². The van der Waals surface area contributed by atoms with Crippen LogP contribution in [0.1, 0.15) is 6.42 Å². The van der Waals surface area contributed by atoms with Crippen molar-refractivity contribution in [3.63, 3.8) is 0 Å². The van der Waals surface area contributed by atoms with Gasteiger partial charge in [-0.05, 0) is 13.0 Å². The molecule has 0 unspecified atom stereocenters. The second-order valence-electron chi connectivity index (χ2n) is 1.84. The van der Waals surface area contributed by atoms with E-state index in [0.717, 1.165) is 7.11 Å². The van der Waals surface area contributed by atoms with Crippen molar-refractivity contribution < 1.29 is 17.9 Å². The Morgan fingerprint density at radius 3 is 2.10 bits per heavy atom. The van der Waals surface area contributed by atoms with Crippen molar-refractivity contribution in [3.8, 4) is 0 Å². The Bertz CT molecular complexity index is 93.4. The first-order valence-corrected chi connectivity index (χ1v) is 2.82. The molecule has 0 fully saturated rings. The second kappa shape index (κ2) is 3.78. The quantitative estimate of drug-likeness (QED) is 0.660. The lowest BCUT2D eigenvalue weighted by Gasteiger charge is -2.17. The third-order valence-electron chi connectivity index (χ3n) is 1.08. The van der Waals surface area contributed by atoms with Crippen molar-refractivity contribution in [2.75, 3.05) is 13.7 Å². The Labute approximate surface area is 57.1 Å². The van der Waals surface area contributed by atoms with E-state index < -0.39 is 12.3 Å². The maximum absolute atomic E-state index is 11.7. The summed E-state index contributed by atoms with van der Waals surface area (Å²) in [6.07, 6.45) is -6.17. The van der Waals surface area contributed by atoms with Gasteiger partial charge < -0.3 is 10.5 Å². The van der Waals surface area contributed by atoms with Crippen molar-refractivity contribution in [1.29, 1.82) is 0 Å². The summed E-state index contributed by atoms with van der Waals surface area (Å²) in [4.78, 5) is 0. The van der Waals surface area contributed by atoms with Crippen LogP contribution in [0.4, 0.5) is 13.2 Å². The van der Waals surface area contributed by atoms with E-state index >= 15 is 0 Å². The molecule has 0 radical (unpaired) electrons. The molecule has 2 N–H and O–H groups in total. The molecule has 0 aromatic heterocycles. The molecule has 2 nitrogen and oxygen atoms in total. The topological polar surface area (TPSA) is 35.2 Å². The first-order valence-electron chi connectivity index (χ1n) is 2.82. The van der Waals surface area contributed by atoms with Crippen molar-refractivity contribution in [1.82, 2.24) is 0 Å². The summed E-state index contributed by atoms with van der Waals surface area (Å²) in [5.74, 6) is 0. The van der Waals surface area contributed by atoms with Gasteiger partial charge in [-0.15, -0.1) is 0 Å². The van der Waals surface area contributed by atoms with Gasteiger partial charge in [-0.1, -0.05) is 0 Å². The van der Waals surface area contributed by atoms with Crippen molar-refractivity contribution in [2.24, 2.45) is 5.73 Å². The Morgan fingerprint density at radius 1 is 1.50 bits per heavy atom. The number of alkyl halides is 3. The highest BCUT2D eigenvalue weighted by Crippen LogP contribution is 2.23. The predicted octanol–water partition coefficient (Wildman–Crippen LogP) is 0.912. The molecule has 0 aliphatic carbocycles. The third kappa shape index (κ3) is 3.03. The Morgan fingerprint density at radius 2 is 2.00 bits per heavy atom. The fourth-order valence-corrected chi connectivity index (χ4v) is 0.567. The molecule has 10 heavy (non-hydrogen) atoms. The number of hydrogen-bond acceptors (Lipinski definition) is 2. The fraction of sp³-hybridized carbons (Fsp3) is 1.00. The molecule has 62 valence electrons. The van der Waals surface area contributed by atoms with E-state index in [4.69, 9.17) is 5.73 Å². The average Bonchev–Trinajstić information content (AvgIpc) is 1.80. The summed E-state index contributed by atoms with van der Waals surface area (Å²) >= 11 is 0. The lowest BCUT2D eigenvalue weighted by molar-refractivity contribution is -0.213. The summed E-state index contributed by atoms with van der Waals surface area (Å²) in [7, 11) is 1.02. The average molecular weight is 157 g/mol. The molecule has 0 aromatic rings. The van der Waals surface area contributed by atoms with Gasteiger partial charge in [-0.2, -0.15) is 13.2 Å².